The first-order valence-corrected chi connectivity index (χ1v) is 1.30. The molecule has 0 rings (SSSR count). The molecular formula is C4H6CuO2. The van der Waals surface area contributed by atoms with Gasteiger partial charge >= 0.3 is 0 Å². The van der Waals surface area contributed by atoms with E-state index in [1.165, 1.54) is 0 Å². The van der Waals surface area contributed by atoms with Gasteiger partial charge in [0.2, 0.25) is 0 Å². The summed E-state index contributed by atoms with van der Waals surface area (Å²) in [5.74, 6) is 0. The average molecular weight is 150 g/mol. The summed E-state index contributed by atoms with van der Waals surface area (Å²) in [5.41, 5.74) is 0. The van der Waals surface area contributed by atoms with E-state index in [-0.39, 0.29) is 29.6 Å². The monoisotopic (exact) mass is 149 g/mol. The van der Waals surface area contributed by atoms with E-state index in [1.807, 2.05) is 0 Å². The van der Waals surface area contributed by atoms with Crippen LogP contribution in [0.25, 0.3) is 0 Å². The summed E-state index contributed by atoms with van der Waals surface area (Å²) >= 11 is 0. The summed E-state index contributed by atoms with van der Waals surface area (Å²) in [4.78, 5) is 17.6. The van der Waals surface area contributed by atoms with Crippen LogP contribution in [0.1, 0.15) is 0 Å². The zero-order valence-electron chi connectivity index (χ0n) is 3.69. The summed E-state index contributed by atoms with van der Waals surface area (Å²) in [7, 11) is 0. The number of hydrogen-bond acceptors (Lipinski definition) is 2. The minimum Gasteiger partial charge on any atom is -0.295 e. The molecule has 0 atom stereocenters. The third kappa shape index (κ3) is 202. The van der Waals surface area contributed by atoms with Crippen molar-refractivity contribution in [3.05, 3.63) is 13.2 Å². The van der Waals surface area contributed by atoms with Crippen LogP contribution >= 0.6 is 0 Å². The van der Waals surface area contributed by atoms with Crippen LogP contribution in [0.15, 0.2) is 13.2 Å². The van der Waals surface area contributed by atoms with E-state index in [0.29, 0.717) is 0 Å². The molecular weight excluding hydrogens is 144 g/mol. The van der Waals surface area contributed by atoms with Crippen LogP contribution in [0.4, 0.5) is 0 Å². The first kappa shape index (κ1) is 16.0. The first-order valence-electron chi connectivity index (χ1n) is 1.30. The minimum atomic E-state index is 0. The molecule has 0 aromatic heterocycles. The SMILES string of the molecule is C=C.O=CC=O.[Cu]. The molecule has 0 bridgehead atoms. The van der Waals surface area contributed by atoms with Crippen molar-refractivity contribution >= 4 is 12.6 Å². The van der Waals surface area contributed by atoms with Crippen molar-refractivity contribution in [2.24, 2.45) is 0 Å². The second kappa shape index (κ2) is 46.3. The predicted octanol–water partition coefficient (Wildman–Crippen LogP) is 0.184. The van der Waals surface area contributed by atoms with Gasteiger partial charge in [-0.05, 0) is 0 Å². The topological polar surface area (TPSA) is 34.1 Å². The Balaban J connectivity index is -0.0000000480. The maximum atomic E-state index is 8.81. The van der Waals surface area contributed by atoms with Gasteiger partial charge in [0.15, 0.2) is 12.6 Å². The molecule has 0 aliphatic heterocycles. The first-order chi connectivity index (χ1) is 2.91. The molecule has 2 nitrogen and oxygen atoms in total. The van der Waals surface area contributed by atoms with Gasteiger partial charge in [0.25, 0.3) is 0 Å². The van der Waals surface area contributed by atoms with Crippen LogP contribution in [-0.2, 0) is 26.7 Å². The van der Waals surface area contributed by atoms with Gasteiger partial charge in [-0.2, -0.15) is 0 Å². The summed E-state index contributed by atoms with van der Waals surface area (Å²) in [6.45, 7) is 6.00. The molecule has 0 unspecified atom stereocenters. The van der Waals surface area contributed by atoms with Crippen LogP contribution in [0.2, 0.25) is 0 Å². The number of rotatable bonds is 1. The van der Waals surface area contributed by atoms with Crippen molar-refractivity contribution < 1.29 is 26.7 Å². The Morgan fingerprint density at radius 1 is 1.00 bits per heavy atom. The Morgan fingerprint density at radius 2 is 1.14 bits per heavy atom. The third-order valence-corrected chi connectivity index (χ3v) is 0.0556. The maximum Gasteiger partial charge on any atom is 0.182 e. The molecule has 0 fully saturated rings. The molecule has 1 radical (unpaired) electrons. The normalized spacial score (nSPS) is 3.43. The summed E-state index contributed by atoms with van der Waals surface area (Å²) in [5, 5.41) is 0. The maximum absolute atomic E-state index is 8.81. The van der Waals surface area contributed by atoms with E-state index in [0.717, 1.165) is 0 Å². The molecule has 0 aromatic rings. The zero-order valence-corrected chi connectivity index (χ0v) is 4.63. The summed E-state index contributed by atoms with van der Waals surface area (Å²) in [6.07, 6.45) is 0.389. The largest absolute Gasteiger partial charge is 0.295 e. The van der Waals surface area contributed by atoms with Crippen molar-refractivity contribution in [2.45, 2.75) is 0 Å². The van der Waals surface area contributed by atoms with Gasteiger partial charge in [-0.25, -0.2) is 0 Å². The van der Waals surface area contributed by atoms with Crippen LogP contribution in [0.5, 0.6) is 0 Å². The van der Waals surface area contributed by atoms with Crippen molar-refractivity contribution in [2.75, 3.05) is 0 Å². The van der Waals surface area contributed by atoms with Gasteiger partial charge in [-0.3, -0.25) is 9.59 Å². The third-order valence-electron chi connectivity index (χ3n) is 0.0556. The smallest absolute Gasteiger partial charge is 0.182 e. The molecule has 0 saturated heterocycles. The van der Waals surface area contributed by atoms with E-state index in [1.54, 1.807) is 0 Å². The van der Waals surface area contributed by atoms with Gasteiger partial charge in [-0.15, -0.1) is 13.2 Å². The van der Waals surface area contributed by atoms with Crippen molar-refractivity contribution in [1.29, 1.82) is 0 Å². The van der Waals surface area contributed by atoms with Gasteiger partial charge in [0, 0.05) is 17.1 Å². The van der Waals surface area contributed by atoms with Crippen LogP contribution in [0, 0.1) is 0 Å². The Bertz CT molecular complexity index is 39.0. The molecule has 45 valence electrons. The number of carbonyl (C=O) groups is 2. The molecule has 0 aliphatic rings. The molecule has 0 aromatic carbocycles. The Morgan fingerprint density at radius 3 is 1.14 bits per heavy atom. The van der Waals surface area contributed by atoms with E-state index in [9.17, 15) is 0 Å². The molecule has 3 heteroatoms. The fourth-order valence-corrected chi connectivity index (χ4v) is 0. The molecule has 0 N–H and O–H groups in total. The second-order valence-electron chi connectivity index (χ2n) is 0.272. The van der Waals surface area contributed by atoms with Crippen LogP contribution in [0.3, 0.4) is 0 Å². The summed E-state index contributed by atoms with van der Waals surface area (Å²) in [6, 6.07) is 0. The zero-order chi connectivity index (χ0) is 5.41. The standard InChI is InChI=1S/C2H2O2.C2H4.Cu/c3-1-2-4;1-2;/h1-2H;1-2H2;. The van der Waals surface area contributed by atoms with Crippen molar-refractivity contribution in [3.8, 4) is 0 Å². The Kier molecular flexibility index (Phi) is 106. The van der Waals surface area contributed by atoms with Crippen LogP contribution in [-0.4, -0.2) is 12.6 Å². The minimum absolute atomic E-state index is 0. The molecule has 0 aliphatic carbocycles. The molecule has 0 spiro atoms. The number of aldehydes is 2. The van der Waals surface area contributed by atoms with E-state index < -0.39 is 0 Å². The van der Waals surface area contributed by atoms with Gasteiger partial charge in [0.05, 0.1) is 0 Å². The van der Waals surface area contributed by atoms with Gasteiger partial charge < -0.3 is 0 Å². The Hall–Kier alpha value is -0.401. The Labute approximate surface area is 53.1 Å². The molecule has 0 heterocycles. The van der Waals surface area contributed by atoms with E-state index in [2.05, 4.69) is 13.2 Å². The molecule has 0 amide bonds. The predicted molar refractivity (Wildman–Crippen MR) is 23.4 cm³/mol. The second-order valence-corrected chi connectivity index (χ2v) is 0.272. The van der Waals surface area contributed by atoms with Crippen molar-refractivity contribution in [1.82, 2.24) is 0 Å². The van der Waals surface area contributed by atoms with Gasteiger partial charge in [0.1, 0.15) is 0 Å². The van der Waals surface area contributed by atoms with E-state index >= 15 is 0 Å². The van der Waals surface area contributed by atoms with Crippen LogP contribution < -0.4 is 0 Å². The average Bonchev–Trinajstić information content (AvgIpc) is 1.72. The fraction of sp³-hybridized carbons (Fsp3) is 0. The van der Waals surface area contributed by atoms with E-state index in [4.69, 9.17) is 9.59 Å². The molecule has 7 heavy (non-hydrogen) atoms. The number of hydrogen-bond donors (Lipinski definition) is 0. The van der Waals surface area contributed by atoms with Crippen molar-refractivity contribution in [3.63, 3.8) is 0 Å². The molecule has 0 saturated carbocycles. The van der Waals surface area contributed by atoms with Gasteiger partial charge in [-0.1, -0.05) is 0 Å². The summed E-state index contributed by atoms with van der Waals surface area (Å²) < 4.78 is 0. The fourth-order valence-electron chi connectivity index (χ4n) is 0. The quantitative estimate of drug-likeness (QED) is 0.231. The number of carbonyl (C=O) groups excluding carboxylic acids is 2.